The average Bonchev–Trinajstić information content (AvgIpc) is 2.60. The van der Waals surface area contributed by atoms with Crippen LogP contribution in [0.15, 0.2) is 36.5 Å². The monoisotopic (exact) mass is 355 g/mol. The zero-order valence-corrected chi connectivity index (χ0v) is 14.5. The summed E-state index contributed by atoms with van der Waals surface area (Å²) in [6, 6.07) is 8.37. The zero-order chi connectivity index (χ0) is 19.0. The van der Waals surface area contributed by atoms with Crippen LogP contribution in [-0.4, -0.2) is 40.7 Å². The molecule has 26 heavy (non-hydrogen) atoms. The Bertz CT molecular complexity index is 897. The molecule has 0 spiro atoms. The third-order valence-corrected chi connectivity index (χ3v) is 4.21. The maximum Gasteiger partial charge on any atom is 0.288 e. The molecule has 3 rings (SSSR count). The van der Waals surface area contributed by atoms with Crippen molar-refractivity contribution in [2.24, 2.45) is 0 Å². The first-order valence-corrected chi connectivity index (χ1v) is 7.81. The van der Waals surface area contributed by atoms with E-state index in [-0.39, 0.29) is 23.1 Å². The number of benzene rings is 1. The van der Waals surface area contributed by atoms with Crippen molar-refractivity contribution in [1.82, 2.24) is 9.88 Å². The minimum absolute atomic E-state index is 0.167. The second-order valence-electron chi connectivity index (χ2n) is 6.03. The number of hydrogen-bond donors (Lipinski definition) is 1. The Hall–Kier alpha value is -3.49. The predicted molar refractivity (Wildman–Crippen MR) is 94.9 cm³/mol. The van der Waals surface area contributed by atoms with Gasteiger partial charge in [0, 0.05) is 32.8 Å². The topological polar surface area (TPSA) is 109 Å². The van der Waals surface area contributed by atoms with E-state index in [0.29, 0.717) is 11.5 Å². The summed E-state index contributed by atoms with van der Waals surface area (Å²) in [5.74, 6) is -0.126. The van der Waals surface area contributed by atoms with E-state index < -0.39 is 11.1 Å². The number of nitro groups is 1. The van der Waals surface area contributed by atoms with Crippen LogP contribution in [0.3, 0.4) is 0 Å². The Balaban J connectivity index is 1.98. The Labute approximate surface area is 149 Å². The molecule has 0 saturated carbocycles. The summed E-state index contributed by atoms with van der Waals surface area (Å²) in [4.78, 5) is 41.6. The average molecular weight is 355 g/mol. The summed E-state index contributed by atoms with van der Waals surface area (Å²) in [7, 11) is 3.40. The van der Waals surface area contributed by atoms with Crippen molar-refractivity contribution in [3.05, 3.63) is 57.8 Å². The van der Waals surface area contributed by atoms with Crippen LogP contribution in [0, 0.1) is 10.1 Å². The molecular formula is C17H17N5O4. The number of hydrogen-bond acceptors (Lipinski definition) is 6. The first-order valence-electron chi connectivity index (χ1n) is 7.81. The standard InChI is InChI=1S/C17H17N5O4/c1-10(23)19-12-6-4-11(5-7-12)16-20(2)15-14(17(24)21(16)3)8-13(9-18-15)22(25)26/h4-9,16H,1-3H3,(H,19,23). The largest absolute Gasteiger partial charge is 0.335 e. The van der Waals surface area contributed by atoms with Crippen LogP contribution in [-0.2, 0) is 4.79 Å². The number of nitrogens with zero attached hydrogens (tertiary/aromatic N) is 4. The molecule has 1 aromatic heterocycles. The zero-order valence-electron chi connectivity index (χ0n) is 14.5. The number of anilines is 2. The summed E-state index contributed by atoms with van der Waals surface area (Å²) < 4.78 is 0. The van der Waals surface area contributed by atoms with Gasteiger partial charge in [-0.1, -0.05) is 12.1 Å². The van der Waals surface area contributed by atoms with Gasteiger partial charge in [0.05, 0.1) is 10.5 Å². The van der Waals surface area contributed by atoms with Crippen molar-refractivity contribution >= 4 is 29.0 Å². The lowest BCUT2D eigenvalue weighted by molar-refractivity contribution is -0.385. The van der Waals surface area contributed by atoms with Crippen molar-refractivity contribution in [2.45, 2.75) is 13.1 Å². The smallest absolute Gasteiger partial charge is 0.288 e. The molecule has 0 bridgehead atoms. The third-order valence-electron chi connectivity index (χ3n) is 4.21. The number of fused-ring (bicyclic) bond motifs is 1. The minimum atomic E-state index is -0.576. The molecule has 1 aliphatic heterocycles. The number of nitrogens with one attached hydrogen (secondary N) is 1. The normalized spacial score (nSPS) is 16.3. The summed E-state index contributed by atoms with van der Waals surface area (Å²) in [5, 5.41) is 13.6. The second-order valence-corrected chi connectivity index (χ2v) is 6.03. The predicted octanol–water partition coefficient (Wildman–Crippen LogP) is 2.17. The Morgan fingerprint density at radius 3 is 2.46 bits per heavy atom. The second kappa shape index (κ2) is 6.43. The number of aromatic nitrogens is 1. The van der Waals surface area contributed by atoms with E-state index in [4.69, 9.17) is 0 Å². The van der Waals surface area contributed by atoms with Crippen molar-refractivity contribution < 1.29 is 14.5 Å². The summed E-state index contributed by atoms with van der Waals surface area (Å²) in [6.07, 6.45) is 0.723. The fourth-order valence-electron chi connectivity index (χ4n) is 3.05. The van der Waals surface area contributed by atoms with E-state index in [1.807, 2.05) is 12.1 Å². The summed E-state index contributed by atoms with van der Waals surface area (Å²) in [5.41, 5.74) is 1.44. The highest BCUT2D eigenvalue weighted by Gasteiger charge is 2.36. The molecule has 134 valence electrons. The van der Waals surface area contributed by atoms with Gasteiger partial charge in [-0.2, -0.15) is 0 Å². The van der Waals surface area contributed by atoms with Crippen molar-refractivity contribution in [2.75, 3.05) is 24.3 Å². The number of amides is 2. The number of pyridine rings is 1. The first kappa shape index (κ1) is 17.3. The molecular weight excluding hydrogens is 338 g/mol. The van der Waals surface area contributed by atoms with Crippen molar-refractivity contribution in [3.8, 4) is 0 Å². The molecule has 9 heteroatoms. The van der Waals surface area contributed by atoms with Crippen LogP contribution in [0.1, 0.15) is 29.0 Å². The molecule has 2 aromatic rings. The number of carbonyl (C=O) groups is 2. The summed E-state index contributed by atoms with van der Waals surface area (Å²) >= 11 is 0. The molecule has 9 nitrogen and oxygen atoms in total. The lowest BCUT2D eigenvalue weighted by Crippen LogP contribution is -2.46. The lowest BCUT2D eigenvalue weighted by atomic mass is 10.0. The van der Waals surface area contributed by atoms with Gasteiger partial charge in [0.1, 0.15) is 18.2 Å². The SMILES string of the molecule is CC(=O)Nc1ccc(C2N(C)C(=O)c3cc([N+](=O)[O-])cnc3N2C)cc1. The van der Waals surface area contributed by atoms with Gasteiger partial charge < -0.3 is 15.1 Å². The van der Waals surface area contributed by atoms with Gasteiger partial charge in [0.2, 0.25) is 5.91 Å². The molecule has 1 unspecified atom stereocenters. The molecule has 2 amide bonds. The van der Waals surface area contributed by atoms with Crippen LogP contribution in [0.5, 0.6) is 0 Å². The van der Waals surface area contributed by atoms with Gasteiger partial charge in [-0.15, -0.1) is 0 Å². The highest BCUT2D eigenvalue weighted by atomic mass is 16.6. The Kier molecular flexibility index (Phi) is 4.29. The highest BCUT2D eigenvalue weighted by molar-refractivity contribution is 6.01. The van der Waals surface area contributed by atoms with Crippen LogP contribution >= 0.6 is 0 Å². The summed E-state index contributed by atoms with van der Waals surface area (Å²) in [6.45, 7) is 1.43. The molecule has 0 radical (unpaired) electrons. The van der Waals surface area contributed by atoms with E-state index in [1.165, 1.54) is 17.9 Å². The van der Waals surface area contributed by atoms with E-state index in [0.717, 1.165) is 11.8 Å². The van der Waals surface area contributed by atoms with Crippen LogP contribution in [0.4, 0.5) is 17.2 Å². The molecule has 1 aromatic carbocycles. The van der Waals surface area contributed by atoms with E-state index in [1.54, 1.807) is 31.1 Å². The van der Waals surface area contributed by atoms with Crippen molar-refractivity contribution in [3.63, 3.8) is 0 Å². The fourth-order valence-corrected chi connectivity index (χ4v) is 3.05. The number of carbonyl (C=O) groups excluding carboxylic acids is 2. The maximum absolute atomic E-state index is 12.7. The van der Waals surface area contributed by atoms with Gasteiger partial charge >= 0.3 is 0 Å². The molecule has 0 fully saturated rings. The first-order chi connectivity index (χ1) is 12.3. The van der Waals surface area contributed by atoms with Crippen LogP contribution in [0.25, 0.3) is 0 Å². The fraction of sp³-hybridized carbons (Fsp3) is 0.235. The molecule has 1 atom stereocenters. The van der Waals surface area contributed by atoms with E-state index in [9.17, 15) is 19.7 Å². The van der Waals surface area contributed by atoms with Gasteiger partial charge in [-0.3, -0.25) is 19.7 Å². The molecule has 1 aliphatic rings. The van der Waals surface area contributed by atoms with E-state index in [2.05, 4.69) is 10.3 Å². The van der Waals surface area contributed by atoms with Gasteiger partial charge in [0.15, 0.2) is 0 Å². The molecule has 1 N–H and O–H groups in total. The van der Waals surface area contributed by atoms with Gasteiger partial charge in [-0.05, 0) is 17.7 Å². The van der Waals surface area contributed by atoms with Crippen LogP contribution in [0.2, 0.25) is 0 Å². The Morgan fingerprint density at radius 1 is 1.23 bits per heavy atom. The third kappa shape index (κ3) is 2.94. The minimum Gasteiger partial charge on any atom is -0.335 e. The quantitative estimate of drug-likeness (QED) is 0.668. The van der Waals surface area contributed by atoms with Gasteiger partial charge in [0.25, 0.3) is 11.6 Å². The molecule has 0 saturated heterocycles. The maximum atomic E-state index is 12.7. The molecule has 2 heterocycles. The lowest BCUT2D eigenvalue weighted by Gasteiger charge is -2.41. The molecule has 0 aliphatic carbocycles. The van der Waals surface area contributed by atoms with Crippen LogP contribution < -0.4 is 10.2 Å². The van der Waals surface area contributed by atoms with E-state index >= 15 is 0 Å². The van der Waals surface area contributed by atoms with Crippen molar-refractivity contribution in [1.29, 1.82) is 0 Å². The highest BCUT2D eigenvalue weighted by Crippen LogP contribution is 2.36. The Morgan fingerprint density at radius 2 is 1.88 bits per heavy atom. The number of rotatable bonds is 3. The van der Waals surface area contributed by atoms with Gasteiger partial charge in [-0.25, -0.2) is 4.98 Å².